The third kappa shape index (κ3) is 3.74. The summed E-state index contributed by atoms with van der Waals surface area (Å²) in [6.07, 6.45) is -7.70. The van der Waals surface area contributed by atoms with Crippen molar-refractivity contribution in [1.82, 2.24) is 4.90 Å². The fourth-order valence-electron chi connectivity index (χ4n) is 4.46. The largest absolute Gasteiger partial charge is 0.481 e. The number of carbonyl (C=O) groups excluding carboxylic acids is 1. The summed E-state index contributed by atoms with van der Waals surface area (Å²) in [6.45, 7) is -1.18. The second-order valence-electron chi connectivity index (χ2n) is 7.92. The maximum Gasteiger partial charge on any atom is 0.419 e. The summed E-state index contributed by atoms with van der Waals surface area (Å²) in [6, 6.07) is 13.9. The summed E-state index contributed by atoms with van der Waals surface area (Å²) in [4.78, 5) is 24.4. The molecule has 2 N–H and O–H groups in total. The van der Waals surface area contributed by atoms with E-state index in [2.05, 4.69) is 0 Å². The molecule has 0 bridgehead atoms. The number of amides is 1. The van der Waals surface area contributed by atoms with E-state index in [1.54, 1.807) is 0 Å². The molecule has 1 amide bonds. The molecular formula is C22H20F3NO5. The number of hydrogen-bond donors (Lipinski definition) is 2. The topological polar surface area (TPSA) is 87.1 Å². The van der Waals surface area contributed by atoms with Gasteiger partial charge in [0.15, 0.2) is 5.60 Å². The minimum absolute atomic E-state index is 0.117. The number of likely N-dealkylation sites (tertiary alicyclic amines) is 1. The lowest BCUT2D eigenvalue weighted by Gasteiger charge is -2.26. The Morgan fingerprint density at radius 3 is 2.13 bits per heavy atom. The van der Waals surface area contributed by atoms with Crippen molar-refractivity contribution in [1.29, 1.82) is 0 Å². The third-order valence-electron chi connectivity index (χ3n) is 5.95. The summed E-state index contributed by atoms with van der Waals surface area (Å²) < 4.78 is 45.2. The molecule has 2 aliphatic rings. The number of aliphatic hydroxyl groups is 1. The summed E-state index contributed by atoms with van der Waals surface area (Å²) in [5.41, 5.74) is 0.697. The van der Waals surface area contributed by atoms with Crippen molar-refractivity contribution in [3.63, 3.8) is 0 Å². The van der Waals surface area contributed by atoms with E-state index in [-0.39, 0.29) is 12.5 Å². The molecule has 0 spiro atoms. The first-order chi connectivity index (χ1) is 14.6. The molecule has 1 aliphatic heterocycles. The summed E-state index contributed by atoms with van der Waals surface area (Å²) in [5.74, 6) is -1.66. The maximum absolute atomic E-state index is 13.3. The smallest absolute Gasteiger partial charge is 0.419 e. The minimum atomic E-state index is -5.00. The van der Waals surface area contributed by atoms with Gasteiger partial charge in [-0.05, 0) is 22.3 Å². The van der Waals surface area contributed by atoms with Crippen LogP contribution in [0.25, 0.3) is 11.1 Å². The van der Waals surface area contributed by atoms with Crippen molar-refractivity contribution in [2.45, 2.75) is 36.6 Å². The first-order valence-corrected chi connectivity index (χ1v) is 9.73. The van der Waals surface area contributed by atoms with Crippen molar-refractivity contribution < 1.29 is 37.7 Å². The monoisotopic (exact) mass is 435 g/mol. The van der Waals surface area contributed by atoms with E-state index in [9.17, 15) is 27.9 Å². The van der Waals surface area contributed by atoms with E-state index in [1.807, 2.05) is 48.5 Å². The average molecular weight is 435 g/mol. The average Bonchev–Trinajstić information content (AvgIpc) is 3.21. The molecular weight excluding hydrogens is 415 g/mol. The van der Waals surface area contributed by atoms with Crippen LogP contribution in [0.4, 0.5) is 18.0 Å². The number of carboxylic acids is 1. The molecule has 2 aromatic carbocycles. The molecule has 1 aliphatic carbocycles. The van der Waals surface area contributed by atoms with Crippen LogP contribution in [0.15, 0.2) is 48.5 Å². The van der Waals surface area contributed by atoms with Crippen molar-refractivity contribution >= 4 is 12.1 Å². The molecule has 31 heavy (non-hydrogen) atoms. The summed E-state index contributed by atoms with van der Waals surface area (Å²) in [7, 11) is 0. The van der Waals surface area contributed by atoms with Crippen molar-refractivity contribution in [3.8, 4) is 11.1 Å². The number of carboxylic acid groups (broad SMARTS) is 1. The lowest BCUT2D eigenvalue weighted by Crippen LogP contribution is -2.48. The van der Waals surface area contributed by atoms with E-state index in [1.165, 1.54) is 0 Å². The Labute approximate surface area is 175 Å². The van der Waals surface area contributed by atoms with Gasteiger partial charge in [-0.25, -0.2) is 4.79 Å². The van der Waals surface area contributed by atoms with Crippen LogP contribution in [0.2, 0.25) is 0 Å². The number of rotatable bonds is 4. The molecule has 0 aromatic heterocycles. The Morgan fingerprint density at radius 1 is 1.06 bits per heavy atom. The number of fused-ring (bicyclic) bond motifs is 3. The van der Waals surface area contributed by atoms with Crippen LogP contribution in [0, 0.1) is 0 Å². The summed E-state index contributed by atoms with van der Waals surface area (Å²) >= 11 is 0. The van der Waals surface area contributed by atoms with Crippen LogP contribution in [0.1, 0.15) is 29.9 Å². The standard InChI is InChI=1S/C22H20F3NO5/c23-22(24,25)21(30)10-13(9-19(27)28)26(12-21)20(29)31-11-18-16-7-3-1-5-14(16)15-6-2-4-8-17(15)18/h1-8,13,18,30H,9-12H2,(H,27,28). The Morgan fingerprint density at radius 2 is 1.61 bits per heavy atom. The van der Waals surface area contributed by atoms with Gasteiger partial charge in [-0.15, -0.1) is 0 Å². The lowest BCUT2D eigenvalue weighted by molar-refractivity contribution is -0.253. The SMILES string of the molecule is O=C(O)CC1CC(O)(C(F)(F)F)CN1C(=O)OCC1c2ccccc2-c2ccccc21. The first kappa shape index (κ1) is 21.2. The van der Waals surface area contributed by atoms with Gasteiger partial charge in [-0.1, -0.05) is 48.5 Å². The predicted octanol–water partition coefficient (Wildman–Crippen LogP) is 3.78. The van der Waals surface area contributed by atoms with E-state index in [0.29, 0.717) is 4.90 Å². The van der Waals surface area contributed by atoms with Crippen LogP contribution in [-0.4, -0.2) is 58.1 Å². The number of aliphatic carboxylic acids is 1. The maximum atomic E-state index is 13.3. The van der Waals surface area contributed by atoms with Gasteiger partial charge < -0.3 is 19.8 Å². The van der Waals surface area contributed by atoms with Gasteiger partial charge >= 0.3 is 18.2 Å². The molecule has 2 atom stereocenters. The molecule has 2 aromatic rings. The minimum Gasteiger partial charge on any atom is -0.481 e. The number of benzene rings is 2. The van der Waals surface area contributed by atoms with E-state index in [0.717, 1.165) is 22.3 Å². The number of ether oxygens (including phenoxy) is 1. The number of halogens is 3. The normalized spacial score (nSPS) is 22.8. The third-order valence-corrected chi connectivity index (χ3v) is 5.95. The zero-order valence-corrected chi connectivity index (χ0v) is 16.3. The van der Waals surface area contributed by atoms with E-state index < -0.39 is 49.3 Å². The number of nitrogens with zero attached hydrogens (tertiary/aromatic N) is 1. The number of hydrogen-bond acceptors (Lipinski definition) is 4. The molecule has 0 radical (unpaired) electrons. The van der Waals surface area contributed by atoms with Gasteiger partial charge in [-0.3, -0.25) is 4.79 Å². The molecule has 9 heteroatoms. The molecule has 1 fully saturated rings. The van der Waals surface area contributed by atoms with Crippen LogP contribution < -0.4 is 0 Å². The van der Waals surface area contributed by atoms with Gasteiger partial charge in [0.05, 0.1) is 13.0 Å². The molecule has 4 rings (SSSR count). The van der Waals surface area contributed by atoms with Crippen molar-refractivity contribution in [2.24, 2.45) is 0 Å². The fraction of sp³-hybridized carbons (Fsp3) is 0.364. The summed E-state index contributed by atoms with van der Waals surface area (Å²) in [5, 5.41) is 19.0. The highest BCUT2D eigenvalue weighted by molar-refractivity contribution is 5.79. The molecule has 2 unspecified atom stereocenters. The van der Waals surface area contributed by atoms with Crippen LogP contribution in [-0.2, 0) is 9.53 Å². The predicted molar refractivity (Wildman–Crippen MR) is 103 cm³/mol. The number of carbonyl (C=O) groups is 2. The highest BCUT2D eigenvalue weighted by atomic mass is 19.4. The molecule has 6 nitrogen and oxygen atoms in total. The first-order valence-electron chi connectivity index (χ1n) is 9.73. The van der Waals surface area contributed by atoms with E-state index in [4.69, 9.17) is 9.84 Å². The molecule has 164 valence electrons. The highest BCUT2D eigenvalue weighted by Gasteiger charge is 2.61. The van der Waals surface area contributed by atoms with Gasteiger partial charge in [0.2, 0.25) is 0 Å². The van der Waals surface area contributed by atoms with Crippen molar-refractivity contribution in [3.05, 3.63) is 59.7 Å². The Bertz CT molecular complexity index is 979. The zero-order valence-electron chi connectivity index (χ0n) is 16.3. The van der Waals surface area contributed by atoms with Gasteiger partial charge in [0, 0.05) is 18.4 Å². The second-order valence-corrected chi connectivity index (χ2v) is 7.92. The van der Waals surface area contributed by atoms with Crippen LogP contribution >= 0.6 is 0 Å². The van der Waals surface area contributed by atoms with Crippen molar-refractivity contribution in [2.75, 3.05) is 13.2 Å². The van der Waals surface area contributed by atoms with Crippen LogP contribution in [0.3, 0.4) is 0 Å². The molecule has 1 saturated heterocycles. The Balaban J connectivity index is 1.53. The number of β-amino-alcohol motifs (C(OH)–C–C–N with tert-alkyl or cyclic N) is 1. The zero-order chi connectivity index (χ0) is 22.4. The molecule has 0 saturated carbocycles. The second kappa shape index (κ2) is 7.56. The Hall–Kier alpha value is -3.07. The Kier molecular flexibility index (Phi) is 5.17. The van der Waals surface area contributed by atoms with Crippen LogP contribution in [0.5, 0.6) is 0 Å². The number of alkyl halides is 3. The fourth-order valence-corrected chi connectivity index (χ4v) is 4.46. The lowest BCUT2D eigenvalue weighted by atomic mass is 9.98. The quantitative estimate of drug-likeness (QED) is 0.764. The molecule has 1 heterocycles. The highest BCUT2D eigenvalue weighted by Crippen LogP contribution is 2.45. The van der Waals surface area contributed by atoms with E-state index >= 15 is 0 Å². The van der Waals surface area contributed by atoms with Gasteiger partial charge in [0.1, 0.15) is 6.61 Å². The van der Waals surface area contributed by atoms with Gasteiger partial charge in [-0.2, -0.15) is 13.2 Å². The van der Waals surface area contributed by atoms with Gasteiger partial charge in [0.25, 0.3) is 0 Å².